The van der Waals surface area contributed by atoms with Crippen LogP contribution in [0.4, 0.5) is 0 Å². The predicted octanol–water partition coefficient (Wildman–Crippen LogP) is 4.05. The molecule has 1 heterocycles. The van der Waals surface area contributed by atoms with Gasteiger partial charge in [0, 0.05) is 22.7 Å². The van der Waals surface area contributed by atoms with Gasteiger partial charge in [0.25, 0.3) is 0 Å². The van der Waals surface area contributed by atoms with Crippen LogP contribution in [0.1, 0.15) is 25.1 Å². The maximum absolute atomic E-state index is 5.89. The molecule has 0 aliphatic heterocycles. The first-order valence-electron chi connectivity index (χ1n) is 6.49. The summed E-state index contributed by atoms with van der Waals surface area (Å²) in [6, 6.07) is 7.60. The molecule has 2 aromatic rings. The lowest BCUT2D eigenvalue weighted by Crippen LogP contribution is -2.19. The molecule has 4 heteroatoms. The summed E-state index contributed by atoms with van der Waals surface area (Å²) in [5.74, 6) is 1.45. The van der Waals surface area contributed by atoms with E-state index < -0.39 is 0 Å². The van der Waals surface area contributed by atoms with Gasteiger partial charge in [-0.15, -0.1) is 0 Å². The molecule has 19 heavy (non-hydrogen) atoms. The Hall–Kier alpha value is -1.32. The van der Waals surface area contributed by atoms with Crippen LogP contribution in [0.25, 0.3) is 11.3 Å². The molecule has 0 aliphatic rings. The minimum absolute atomic E-state index is 0.628. The summed E-state index contributed by atoms with van der Waals surface area (Å²) < 4.78 is 5.45. The van der Waals surface area contributed by atoms with E-state index in [-0.39, 0.29) is 0 Å². The maximum atomic E-state index is 5.89. The summed E-state index contributed by atoms with van der Waals surface area (Å²) in [5.41, 5.74) is 3.05. The Bertz CT molecular complexity index is 532. The van der Waals surface area contributed by atoms with Gasteiger partial charge in [-0.2, -0.15) is 0 Å². The standard InChI is InChI=1S/C15H19ClN2O/c1-10(2)8-17-9-14-11(3)15(19-18-14)12-4-6-13(16)7-5-12/h4-7,10,17H,8-9H2,1-3H3. The summed E-state index contributed by atoms with van der Waals surface area (Å²) >= 11 is 5.89. The fraction of sp³-hybridized carbons (Fsp3) is 0.400. The van der Waals surface area contributed by atoms with Crippen molar-refractivity contribution < 1.29 is 4.52 Å². The minimum Gasteiger partial charge on any atom is -0.356 e. The van der Waals surface area contributed by atoms with Crippen LogP contribution < -0.4 is 5.32 Å². The monoisotopic (exact) mass is 278 g/mol. The molecule has 102 valence electrons. The van der Waals surface area contributed by atoms with Crippen molar-refractivity contribution in [2.45, 2.75) is 27.3 Å². The number of benzene rings is 1. The van der Waals surface area contributed by atoms with Gasteiger partial charge in [-0.3, -0.25) is 0 Å². The van der Waals surface area contributed by atoms with Crippen molar-refractivity contribution in [3.8, 4) is 11.3 Å². The quantitative estimate of drug-likeness (QED) is 0.897. The number of hydrogen-bond donors (Lipinski definition) is 1. The number of nitrogens with one attached hydrogen (secondary N) is 1. The third-order valence-corrected chi connectivity index (χ3v) is 3.22. The third-order valence-electron chi connectivity index (χ3n) is 2.97. The van der Waals surface area contributed by atoms with Crippen LogP contribution >= 0.6 is 11.6 Å². The fourth-order valence-corrected chi connectivity index (χ4v) is 2.01. The highest BCUT2D eigenvalue weighted by Crippen LogP contribution is 2.26. The molecule has 1 aromatic heterocycles. The molecule has 0 aliphatic carbocycles. The SMILES string of the molecule is Cc1c(CNCC(C)C)noc1-c1ccc(Cl)cc1. The topological polar surface area (TPSA) is 38.1 Å². The fourth-order valence-electron chi connectivity index (χ4n) is 1.88. The van der Waals surface area contributed by atoms with Crippen molar-refractivity contribution in [1.82, 2.24) is 10.5 Å². The molecule has 0 atom stereocenters. The van der Waals surface area contributed by atoms with E-state index in [1.807, 2.05) is 31.2 Å². The Labute approximate surface area is 118 Å². The van der Waals surface area contributed by atoms with E-state index >= 15 is 0 Å². The first-order valence-corrected chi connectivity index (χ1v) is 6.87. The maximum Gasteiger partial charge on any atom is 0.170 e. The first kappa shape index (κ1) is 14.1. The molecule has 3 nitrogen and oxygen atoms in total. The normalized spacial score (nSPS) is 11.2. The summed E-state index contributed by atoms with van der Waals surface area (Å²) in [6.45, 7) is 8.11. The molecule has 2 rings (SSSR count). The zero-order valence-corrected chi connectivity index (χ0v) is 12.3. The van der Waals surface area contributed by atoms with Crippen LogP contribution in [0.3, 0.4) is 0 Å². The molecule has 0 bridgehead atoms. The van der Waals surface area contributed by atoms with Crippen LogP contribution in [0.5, 0.6) is 0 Å². The minimum atomic E-state index is 0.628. The van der Waals surface area contributed by atoms with Crippen molar-refractivity contribution in [3.63, 3.8) is 0 Å². The Kier molecular flexibility index (Phi) is 4.61. The molecule has 0 spiro atoms. The molecule has 0 saturated heterocycles. The lowest BCUT2D eigenvalue weighted by atomic mass is 10.1. The summed E-state index contributed by atoms with van der Waals surface area (Å²) in [6.07, 6.45) is 0. The third kappa shape index (κ3) is 3.58. The molecule has 0 amide bonds. The van der Waals surface area contributed by atoms with Crippen molar-refractivity contribution in [3.05, 3.63) is 40.5 Å². The smallest absolute Gasteiger partial charge is 0.170 e. The molecule has 0 unspecified atom stereocenters. The van der Waals surface area contributed by atoms with Gasteiger partial charge in [0.05, 0.1) is 0 Å². The van der Waals surface area contributed by atoms with Gasteiger partial charge in [0.1, 0.15) is 5.69 Å². The van der Waals surface area contributed by atoms with Gasteiger partial charge in [-0.05, 0) is 43.7 Å². The molecule has 0 radical (unpaired) electrons. The summed E-state index contributed by atoms with van der Waals surface area (Å²) in [4.78, 5) is 0. The zero-order chi connectivity index (χ0) is 13.8. The lowest BCUT2D eigenvalue weighted by molar-refractivity contribution is 0.418. The van der Waals surface area contributed by atoms with E-state index in [2.05, 4.69) is 24.3 Å². The zero-order valence-electron chi connectivity index (χ0n) is 11.5. The molecule has 1 aromatic carbocycles. The highest BCUT2D eigenvalue weighted by molar-refractivity contribution is 6.30. The van der Waals surface area contributed by atoms with Crippen LogP contribution in [0.15, 0.2) is 28.8 Å². The second-order valence-corrected chi connectivity index (χ2v) is 5.55. The lowest BCUT2D eigenvalue weighted by Gasteiger charge is -2.05. The van der Waals surface area contributed by atoms with E-state index in [1.54, 1.807) is 0 Å². The van der Waals surface area contributed by atoms with Crippen molar-refractivity contribution in [1.29, 1.82) is 0 Å². The van der Waals surface area contributed by atoms with E-state index in [0.717, 1.165) is 40.7 Å². The van der Waals surface area contributed by atoms with Crippen molar-refractivity contribution >= 4 is 11.6 Å². The predicted molar refractivity (Wildman–Crippen MR) is 78.2 cm³/mol. The Morgan fingerprint density at radius 2 is 1.95 bits per heavy atom. The average molecular weight is 279 g/mol. The van der Waals surface area contributed by atoms with E-state index in [4.69, 9.17) is 16.1 Å². The van der Waals surface area contributed by atoms with Gasteiger partial charge in [0.15, 0.2) is 5.76 Å². The summed E-state index contributed by atoms with van der Waals surface area (Å²) in [7, 11) is 0. The molecule has 0 fully saturated rings. The van der Waals surface area contributed by atoms with Crippen LogP contribution in [0.2, 0.25) is 5.02 Å². The second kappa shape index (κ2) is 6.22. The summed E-state index contributed by atoms with van der Waals surface area (Å²) in [5, 5.41) is 8.24. The van der Waals surface area contributed by atoms with Gasteiger partial charge >= 0.3 is 0 Å². The van der Waals surface area contributed by atoms with E-state index in [1.165, 1.54) is 0 Å². The molecular formula is C15H19ClN2O. The van der Waals surface area contributed by atoms with Gasteiger partial charge < -0.3 is 9.84 Å². The number of halogens is 1. The van der Waals surface area contributed by atoms with Crippen molar-refractivity contribution in [2.24, 2.45) is 5.92 Å². The number of rotatable bonds is 5. The van der Waals surface area contributed by atoms with Crippen LogP contribution in [0, 0.1) is 12.8 Å². The Morgan fingerprint density at radius 3 is 2.58 bits per heavy atom. The largest absolute Gasteiger partial charge is 0.356 e. The van der Waals surface area contributed by atoms with Crippen molar-refractivity contribution in [2.75, 3.05) is 6.54 Å². The highest BCUT2D eigenvalue weighted by atomic mass is 35.5. The Morgan fingerprint density at radius 1 is 1.26 bits per heavy atom. The highest BCUT2D eigenvalue weighted by Gasteiger charge is 2.13. The van der Waals surface area contributed by atoms with E-state index in [0.29, 0.717) is 5.92 Å². The average Bonchev–Trinajstić information content (AvgIpc) is 2.72. The molecule has 0 saturated carbocycles. The van der Waals surface area contributed by atoms with Gasteiger partial charge in [0.2, 0.25) is 0 Å². The molecule has 1 N–H and O–H groups in total. The molecular weight excluding hydrogens is 260 g/mol. The second-order valence-electron chi connectivity index (χ2n) is 5.12. The van der Waals surface area contributed by atoms with Gasteiger partial charge in [-0.25, -0.2) is 0 Å². The first-order chi connectivity index (χ1) is 9.08. The van der Waals surface area contributed by atoms with E-state index in [9.17, 15) is 0 Å². The van der Waals surface area contributed by atoms with Gasteiger partial charge in [-0.1, -0.05) is 30.6 Å². The number of aromatic nitrogens is 1. The van der Waals surface area contributed by atoms with Crippen LogP contribution in [-0.2, 0) is 6.54 Å². The number of nitrogens with zero attached hydrogens (tertiary/aromatic N) is 1. The number of hydrogen-bond acceptors (Lipinski definition) is 3. The van der Waals surface area contributed by atoms with Crippen LogP contribution in [-0.4, -0.2) is 11.7 Å². The Balaban J connectivity index is 2.11.